The molecule has 2 heterocycles. The average Bonchev–Trinajstić information content (AvgIpc) is 2.93. The van der Waals surface area contributed by atoms with Crippen LogP contribution in [0.3, 0.4) is 0 Å². The standard InChI is InChI=1S/C16H19N3O3/c1-12-17-13(11-22-12)9-18-7-8-19(16(20)10-18)14-3-5-15(21-2)6-4-14/h3-6,11H,7-10H2,1-2H3. The first-order valence-electron chi connectivity index (χ1n) is 7.23. The Morgan fingerprint density at radius 1 is 1.27 bits per heavy atom. The van der Waals surface area contributed by atoms with E-state index in [1.807, 2.05) is 36.1 Å². The highest BCUT2D eigenvalue weighted by Crippen LogP contribution is 2.21. The molecule has 1 fully saturated rings. The molecule has 1 aromatic carbocycles. The number of rotatable bonds is 4. The second kappa shape index (κ2) is 6.19. The van der Waals surface area contributed by atoms with Gasteiger partial charge in [0.2, 0.25) is 5.91 Å². The molecule has 22 heavy (non-hydrogen) atoms. The second-order valence-electron chi connectivity index (χ2n) is 5.31. The number of methoxy groups -OCH3 is 1. The quantitative estimate of drug-likeness (QED) is 0.862. The van der Waals surface area contributed by atoms with Crippen molar-refractivity contribution in [3.63, 3.8) is 0 Å². The lowest BCUT2D eigenvalue weighted by Crippen LogP contribution is -2.50. The molecule has 0 bridgehead atoms. The lowest BCUT2D eigenvalue weighted by Gasteiger charge is -2.33. The number of aromatic nitrogens is 1. The van der Waals surface area contributed by atoms with Gasteiger partial charge in [-0.1, -0.05) is 0 Å². The van der Waals surface area contributed by atoms with Gasteiger partial charge >= 0.3 is 0 Å². The molecule has 1 aliphatic heterocycles. The van der Waals surface area contributed by atoms with Crippen LogP contribution in [0.15, 0.2) is 34.9 Å². The Kier molecular flexibility index (Phi) is 4.11. The van der Waals surface area contributed by atoms with Crippen LogP contribution in [-0.2, 0) is 11.3 Å². The predicted molar refractivity (Wildman–Crippen MR) is 81.9 cm³/mol. The van der Waals surface area contributed by atoms with E-state index in [4.69, 9.17) is 9.15 Å². The van der Waals surface area contributed by atoms with Crippen LogP contribution in [0, 0.1) is 6.92 Å². The number of aryl methyl sites for hydroxylation is 1. The summed E-state index contributed by atoms with van der Waals surface area (Å²) in [7, 11) is 1.63. The summed E-state index contributed by atoms with van der Waals surface area (Å²) < 4.78 is 10.3. The van der Waals surface area contributed by atoms with Crippen molar-refractivity contribution in [2.45, 2.75) is 13.5 Å². The third kappa shape index (κ3) is 3.12. The molecule has 0 saturated carbocycles. The van der Waals surface area contributed by atoms with Gasteiger partial charge in [0, 0.05) is 32.2 Å². The SMILES string of the molecule is COc1ccc(N2CCN(Cc3coc(C)n3)CC2=O)cc1. The topological polar surface area (TPSA) is 58.8 Å². The van der Waals surface area contributed by atoms with Crippen LogP contribution in [0.25, 0.3) is 0 Å². The highest BCUT2D eigenvalue weighted by atomic mass is 16.5. The number of ether oxygens (including phenoxy) is 1. The van der Waals surface area contributed by atoms with Crippen LogP contribution in [0.5, 0.6) is 5.75 Å². The van der Waals surface area contributed by atoms with Gasteiger partial charge in [-0.15, -0.1) is 0 Å². The maximum Gasteiger partial charge on any atom is 0.241 e. The number of anilines is 1. The maximum atomic E-state index is 12.4. The number of carbonyl (C=O) groups excluding carboxylic acids is 1. The van der Waals surface area contributed by atoms with Gasteiger partial charge < -0.3 is 14.1 Å². The zero-order chi connectivity index (χ0) is 15.5. The van der Waals surface area contributed by atoms with Crippen molar-refractivity contribution in [3.8, 4) is 5.75 Å². The number of hydrogen-bond donors (Lipinski definition) is 0. The van der Waals surface area contributed by atoms with Gasteiger partial charge in [0.05, 0.1) is 19.3 Å². The third-order valence-electron chi connectivity index (χ3n) is 3.74. The minimum atomic E-state index is 0.0941. The Morgan fingerprint density at radius 3 is 2.64 bits per heavy atom. The minimum Gasteiger partial charge on any atom is -0.497 e. The fourth-order valence-electron chi connectivity index (χ4n) is 2.60. The number of benzene rings is 1. The molecule has 6 nitrogen and oxygen atoms in total. The van der Waals surface area contributed by atoms with Crippen molar-refractivity contribution < 1.29 is 13.9 Å². The molecule has 1 saturated heterocycles. The molecule has 0 unspecified atom stereocenters. The van der Waals surface area contributed by atoms with E-state index in [1.54, 1.807) is 13.4 Å². The molecule has 0 aliphatic carbocycles. The van der Waals surface area contributed by atoms with E-state index in [0.29, 0.717) is 25.5 Å². The van der Waals surface area contributed by atoms with Crippen molar-refractivity contribution >= 4 is 11.6 Å². The van der Waals surface area contributed by atoms with Gasteiger partial charge in [-0.2, -0.15) is 0 Å². The lowest BCUT2D eigenvalue weighted by atomic mass is 10.2. The molecular weight excluding hydrogens is 282 g/mol. The zero-order valence-corrected chi connectivity index (χ0v) is 12.8. The van der Waals surface area contributed by atoms with Crippen molar-refractivity contribution in [1.29, 1.82) is 0 Å². The van der Waals surface area contributed by atoms with E-state index in [9.17, 15) is 4.79 Å². The highest BCUT2D eigenvalue weighted by molar-refractivity contribution is 5.95. The van der Waals surface area contributed by atoms with Gasteiger partial charge in [-0.25, -0.2) is 4.98 Å². The first-order valence-corrected chi connectivity index (χ1v) is 7.23. The van der Waals surface area contributed by atoms with Crippen LogP contribution < -0.4 is 9.64 Å². The van der Waals surface area contributed by atoms with Crippen molar-refractivity contribution in [2.24, 2.45) is 0 Å². The van der Waals surface area contributed by atoms with E-state index in [2.05, 4.69) is 9.88 Å². The summed E-state index contributed by atoms with van der Waals surface area (Å²) in [6.45, 7) is 4.32. The molecule has 3 rings (SSSR count). The van der Waals surface area contributed by atoms with E-state index in [0.717, 1.165) is 23.7 Å². The summed E-state index contributed by atoms with van der Waals surface area (Å²) in [5.74, 6) is 1.53. The summed E-state index contributed by atoms with van der Waals surface area (Å²) in [5, 5.41) is 0. The summed E-state index contributed by atoms with van der Waals surface area (Å²) >= 11 is 0. The maximum absolute atomic E-state index is 12.4. The van der Waals surface area contributed by atoms with Gasteiger partial charge in [0.25, 0.3) is 0 Å². The van der Waals surface area contributed by atoms with Gasteiger partial charge in [0.15, 0.2) is 5.89 Å². The third-order valence-corrected chi connectivity index (χ3v) is 3.74. The molecule has 1 aliphatic rings. The number of amides is 1. The van der Waals surface area contributed by atoms with Crippen molar-refractivity contribution in [3.05, 3.63) is 42.1 Å². The molecule has 0 N–H and O–H groups in total. The van der Waals surface area contributed by atoms with Crippen molar-refractivity contribution in [1.82, 2.24) is 9.88 Å². The second-order valence-corrected chi connectivity index (χ2v) is 5.31. The van der Waals surface area contributed by atoms with Gasteiger partial charge in [0.1, 0.15) is 12.0 Å². The molecule has 1 amide bonds. The molecule has 0 spiro atoms. The van der Waals surface area contributed by atoms with Crippen LogP contribution >= 0.6 is 0 Å². The Balaban J connectivity index is 1.63. The number of carbonyl (C=O) groups is 1. The van der Waals surface area contributed by atoms with E-state index in [-0.39, 0.29) is 5.91 Å². The summed E-state index contributed by atoms with van der Waals surface area (Å²) in [6.07, 6.45) is 1.65. The van der Waals surface area contributed by atoms with Crippen LogP contribution in [0.2, 0.25) is 0 Å². The highest BCUT2D eigenvalue weighted by Gasteiger charge is 2.25. The van der Waals surface area contributed by atoms with Gasteiger partial charge in [-0.3, -0.25) is 9.69 Å². The fourth-order valence-corrected chi connectivity index (χ4v) is 2.60. The smallest absolute Gasteiger partial charge is 0.241 e. The number of piperazine rings is 1. The number of oxazole rings is 1. The first kappa shape index (κ1) is 14.6. The number of hydrogen-bond acceptors (Lipinski definition) is 5. The molecule has 116 valence electrons. The summed E-state index contributed by atoms with van der Waals surface area (Å²) in [5.41, 5.74) is 1.77. The lowest BCUT2D eigenvalue weighted by molar-refractivity contribution is -0.121. The first-order chi connectivity index (χ1) is 10.7. The molecule has 0 atom stereocenters. The minimum absolute atomic E-state index is 0.0941. The largest absolute Gasteiger partial charge is 0.497 e. The normalized spacial score (nSPS) is 16.1. The molecule has 1 aromatic heterocycles. The zero-order valence-electron chi connectivity index (χ0n) is 12.8. The van der Waals surface area contributed by atoms with Gasteiger partial charge in [-0.05, 0) is 24.3 Å². The fraction of sp³-hybridized carbons (Fsp3) is 0.375. The van der Waals surface area contributed by atoms with E-state index in [1.165, 1.54) is 0 Å². The Labute approximate surface area is 129 Å². The number of nitrogens with zero attached hydrogens (tertiary/aromatic N) is 3. The Hall–Kier alpha value is -2.34. The average molecular weight is 301 g/mol. The molecule has 2 aromatic rings. The molecule has 6 heteroatoms. The summed E-state index contributed by atoms with van der Waals surface area (Å²) in [4.78, 5) is 20.5. The van der Waals surface area contributed by atoms with E-state index >= 15 is 0 Å². The van der Waals surface area contributed by atoms with Crippen LogP contribution in [-0.4, -0.2) is 42.5 Å². The monoisotopic (exact) mass is 301 g/mol. The Morgan fingerprint density at radius 2 is 2.05 bits per heavy atom. The van der Waals surface area contributed by atoms with Crippen molar-refractivity contribution in [2.75, 3.05) is 31.6 Å². The van der Waals surface area contributed by atoms with E-state index < -0.39 is 0 Å². The van der Waals surface area contributed by atoms with Crippen LogP contribution in [0.4, 0.5) is 5.69 Å². The predicted octanol–water partition coefficient (Wildman–Crippen LogP) is 1.84. The summed E-state index contributed by atoms with van der Waals surface area (Å²) in [6, 6.07) is 7.56. The van der Waals surface area contributed by atoms with Crippen LogP contribution in [0.1, 0.15) is 11.6 Å². The molecular formula is C16H19N3O3. The molecule has 0 radical (unpaired) electrons. The Bertz CT molecular complexity index is 651.